The molecule has 0 radical (unpaired) electrons. The summed E-state index contributed by atoms with van der Waals surface area (Å²) in [6, 6.07) is 51.3. The minimum absolute atomic E-state index is 0.0495. The molecule has 0 aliphatic heterocycles. The van der Waals surface area contributed by atoms with E-state index in [9.17, 15) is 0 Å². The quantitative estimate of drug-likeness (QED) is 0.207. The highest BCUT2D eigenvalue weighted by atomic mass is 14.2. The molecule has 0 aromatic heterocycles. The van der Waals surface area contributed by atoms with Crippen LogP contribution >= 0.6 is 0 Å². The van der Waals surface area contributed by atoms with Gasteiger partial charge in [-0.15, -0.1) is 0 Å². The fraction of sp³-hybridized carbons (Fsp3) is 0.100. The minimum atomic E-state index is 0.0495. The Morgan fingerprint density at radius 3 is 1.68 bits per heavy atom. The van der Waals surface area contributed by atoms with E-state index in [2.05, 4.69) is 160 Å². The molecule has 0 aliphatic carbocycles. The Kier molecular flexibility index (Phi) is 5.79. The Bertz CT molecular complexity index is 2020. The first-order valence-electron chi connectivity index (χ1n) is 14.1. The van der Waals surface area contributed by atoms with Gasteiger partial charge in [-0.25, -0.2) is 0 Å². The van der Waals surface area contributed by atoms with Gasteiger partial charge in [-0.3, -0.25) is 0 Å². The smallest absolute Gasteiger partial charge is 0.00260 e. The van der Waals surface area contributed by atoms with Crippen LogP contribution < -0.4 is 0 Å². The van der Waals surface area contributed by atoms with Crippen molar-refractivity contribution < 1.29 is 0 Å². The molecule has 0 unspecified atom stereocenters. The number of hydrogen-bond donors (Lipinski definition) is 0. The van der Waals surface area contributed by atoms with E-state index in [0.717, 1.165) is 0 Å². The monoisotopic (exact) mass is 512 g/mol. The zero-order valence-electron chi connectivity index (χ0n) is 23.3. The molecule has 0 heteroatoms. The molecule has 0 saturated carbocycles. The van der Waals surface area contributed by atoms with E-state index in [1.807, 2.05) is 0 Å². The van der Waals surface area contributed by atoms with Crippen LogP contribution in [0.1, 0.15) is 26.3 Å². The van der Waals surface area contributed by atoms with E-state index in [-0.39, 0.29) is 5.41 Å². The van der Waals surface area contributed by atoms with Gasteiger partial charge in [0, 0.05) is 0 Å². The molecular formula is C40H32. The van der Waals surface area contributed by atoms with Gasteiger partial charge in [-0.05, 0) is 94.9 Å². The molecule has 0 saturated heterocycles. The average Bonchev–Trinajstić information content (AvgIpc) is 2.99. The summed E-state index contributed by atoms with van der Waals surface area (Å²) in [5.41, 5.74) is 8.99. The van der Waals surface area contributed by atoms with Crippen molar-refractivity contribution in [2.45, 2.75) is 26.2 Å². The molecule has 7 aromatic rings. The first-order valence-corrected chi connectivity index (χ1v) is 14.1. The molecule has 0 bridgehead atoms. The van der Waals surface area contributed by atoms with E-state index in [1.165, 1.54) is 71.3 Å². The van der Waals surface area contributed by atoms with Crippen molar-refractivity contribution in [1.82, 2.24) is 0 Å². The Hall–Kier alpha value is -4.68. The molecule has 0 atom stereocenters. The number of fused-ring (bicyclic) bond motifs is 3. The summed E-state index contributed by atoms with van der Waals surface area (Å²) in [7, 11) is 0. The van der Waals surface area contributed by atoms with Crippen molar-refractivity contribution in [2.75, 3.05) is 0 Å². The molecule has 192 valence electrons. The van der Waals surface area contributed by atoms with Gasteiger partial charge in [0.25, 0.3) is 0 Å². The lowest BCUT2D eigenvalue weighted by molar-refractivity contribution is 0.591. The maximum absolute atomic E-state index is 2.44. The molecule has 0 heterocycles. The van der Waals surface area contributed by atoms with E-state index >= 15 is 0 Å². The van der Waals surface area contributed by atoms with E-state index < -0.39 is 0 Å². The number of benzene rings is 7. The topological polar surface area (TPSA) is 0 Å². The Morgan fingerprint density at radius 2 is 0.925 bits per heavy atom. The second-order valence-corrected chi connectivity index (χ2v) is 11.8. The van der Waals surface area contributed by atoms with Crippen LogP contribution in [-0.2, 0) is 5.41 Å². The van der Waals surface area contributed by atoms with Gasteiger partial charge in [0.15, 0.2) is 0 Å². The number of hydrogen-bond acceptors (Lipinski definition) is 0. The van der Waals surface area contributed by atoms with Crippen LogP contribution in [0.4, 0.5) is 0 Å². The summed E-state index contributed by atoms with van der Waals surface area (Å²) in [4.78, 5) is 0. The third-order valence-corrected chi connectivity index (χ3v) is 8.19. The molecule has 0 aliphatic rings. The first-order chi connectivity index (χ1) is 19.5. The van der Waals surface area contributed by atoms with Crippen LogP contribution in [0.25, 0.3) is 65.7 Å². The Labute approximate surface area is 236 Å². The van der Waals surface area contributed by atoms with Crippen molar-refractivity contribution in [2.24, 2.45) is 0 Å². The standard InChI is InChI=1S/C40H32/c1-40(2,3)33-22-23-36-37(26-33)39(32-21-20-28-14-7-8-15-29(28)25-32)35-19-10-9-18-34(35)38(36)31-17-11-16-30(24-31)27-12-5-4-6-13-27/h4-26H,1-3H3. The third-order valence-electron chi connectivity index (χ3n) is 8.19. The summed E-state index contributed by atoms with van der Waals surface area (Å²) in [5.74, 6) is 0. The average molecular weight is 513 g/mol. The summed E-state index contributed by atoms with van der Waals surface area (Å²) >= 11 is 0. The SMILES string of the molecule is CC(C)(C)c1ccc2c(-c3cccc(-c4ccccc4)c3)c3ccccc3c(-c3ccc4ccccc4c3)c2c1. The zero-order chi connectivity index (χ0) is 27.3. The van der Waals surface area contributed by atoms with Crippen molar-refractivity contribution in [3.8, 4) is 33.4 Å². The van der Waals surface area contributed by atoms with Crippen molar-refractivity contribution in [3.05, 3.63) is 145 Å². The second-order valence-electron chi connectivity index (χ2n) is 11.8. The van der Waals surface area contributed by atoms with E-state index in [1.54, 1.807) is 0 Å². The maximum atomic E-state index is 2.44. The van der Waals surface area contributed by atoms with Crippen LogP contribution in [-0.4, -0.2) is 0 Å². The molecule has 7 aromatic carbocycles. The third kappa shape index (κ3) is 4.17. The van der Waals surface area contributed by atoms with Gasteiger partial charge in [-0.1, -0.05) is 142 Å². The molecule has 0 spiro atoms. The molecule has 0 N–H and O–H groups in total. The Morgan fingerprint density at radius 1 is 0.350 bits per heavy atom. The van der Waals surface area contributed by atoms with Crippen LogP contribution in [0.3, 0.4) is 0 Å². The fourth-order valence-corrected chi connectivity index (χ4v) is 6.10. The van der Waals surface area contributed by atoms with Crippen molar-refractivity contribution in [3.63, 3.8) is 0 Å². The minimum Gasteiger partial charge on any atom is -0.0622 e. The van der Waals surface area contributed by atoms with Crippen LogP contribution in [0.5, 0.6) is 0 Å². The molecule has 7 rings (SSSR count). The van der Waals surface area contributed by atoms with Gasteiger partial charge < -0.3 is 0 Å². The molecule has 0 nitrogen and oxygen atoms in total. The lowest BCUT2D eigenvalue weighted by atomic mass is 9.81. The van der Waals surface area contributed by atoms with Crippen LogP contribution in [0, 0.1) is 0 Å². The maximum Gasteiger partial charge on any atom is -0.00260 e. The summed E-state index contributed by atoms with van der Waals surface area (Å²) < 4.78 is 0. The lowest BCUT2D eigenvalue weighted by Gasteiger charge is -2.23. The predicted octanol–water partition coefficient (Wildman–Crippen LogP) is 11.4. The second kappa shape index (κ2) is 9.50. The number of rotatable bonds is 3. The van der Waals surface area contributed by atoms with Crippen LogP contribution in [0.2, 0.25) is 0 Å². The molecule has 0 amide bonds. The molecular weight excluding hydrogens is 480 g/mol. The largest absolute Gasteiger partial charge is 0.0622 e. The molecule has 0 fully saturated rings. The summed E-state index contributed by atoms with van der Waals surface area (Å²) in [5, 5.41) is 7.71. The predicted molar refractivity (Wildman–Crippen MR) is 174 cm³/mol. The van der Waals surface area contributed by atoms with Gasteiger partial charge in [0.05, 0.1) is 0 Å². The van der Waals surface area contributed by atoms with Gasteiger partial charge >= 0.3 is 0 Å². The van der Waals surface area contributed by atoms with E-state index in [4.69, 9.17) is 0 Å². The highest BCUT2D eigenvalue weighted by Gasteiger charge is 2.20. The lowest BCUT2D eigenvalue weighted by Crippen LogP contribution is -2.10. The highest BCUT2D eigenvalue weighted by molar-refractivity contribution is 6.22. The molecule has 40 heavy (non-hydrogen) atoms. The van der Waals surface area contributed by atoms with Crippen molar-refractivity contribution >= 4 is 32.3 Å². The van der Waals surface area contributed by atoms with E-state index in [0.29, 0.717) is 0 Å². The summed E-state index contributed by atoms with van der Waals surface area (Å²) in [6.07, 6.45) is 0. The van der Waals surface area contributed by atoms with Gasteiger partial charge in [-0.2, -0.15) is 0 Å². The summed E-state index contributed by atoms with van der Waals surface area (Å²) in [6.45, 7) is 6.90. The van der Waals surface area contributed by atoms with Gasteiger partial charge in [0.2, 0.25) is 0 Å². The van der Waals surface area contributed by atoms with Crippen LogP contribution in [0.15, 0.2) is 140 Å². The van der Waals surface area contributed by atoms with Crippen molar-refractivity contribution in [1.29, 1.82) is 0 Å². The van der Waals surface area contributed by atoms with Gasteiger partial charge in [0.1, 0.15) is 0 Å². The highest BCUT2D eigenvalue weighted by Crippen LogP contribution is 2.45. The first kappa shape index (κ1) is 24.4. The zero-order valence-corrected chi connectivity index (χ0v) is 23.3. The fourth-order valence-electron chi connectivity index (χ4n) is 6.10. The normalized spacial score (nSPS) is 11.9. The Balaban J connectivity index is 1.59.